The predicted molar refractivity (Wildman–Crippen MR) is 50.0 cm³/mol. The number of carbonyl (C=O) groups is 2. The molecule has 1 atom stereocenters. The van der Waals surface area contributed by atoms with Crippen molar-refractivity contribution in [3.05, 3.63) is 0 Å². The summed E-state index contributed by atoms with van der Waals surface area (Å²) in [5.41, 5.74) is -4.58. The molecule has 9 heteroatoms. The lowest BCUT2D eigenvalue weighted by Gasteiger charge is -2.31. The van der Waals surface area contributed by atoms with Gasteiger partial charge in [0.15, 0.2) is 5.41 Å². The summed E-state index contributed by atoms with van der Waals surface area (Å²) in [6, 6.07) is 0. The number of hydrogen-bond donors (Lipinski definition) is 0. The zero-order valence-electron chi connectivity index (χ0n) is 9.95. The SMILES string of the molecule is CCCC(=O)C(F)(F)C(=O)C(C)(C(F)F)C(F)(F)F. The van der Waals surface area contributed by atoms with E-state index >= 15 is 0 Å². The van der Waals surface area contributed by atoms with Gasteiger partial charge in [-0.1, -0.05) is 6.92 Å². The number of carbonyl (C=O) groups excluding carboxylic acids is 2. The molecule has 0 saturated heterocycles. The fourth-order valence-electron chi connectivity index (χ4n) is 1.19. The average molecular weight is 296 g/mol. The van der Waals surface area contributed by atoms with Gasteiger partial charge >= 0.3 is 12.1 Å². The van der Waals surface area contributed by atoms with E-state index < -0.39 is 41.9 Å². The molecule has 0 aromatic heterocycles. The molecule has 0 aliphatic carbocycles. The number of rotatable bonds is 6. The monoisotopic (exact) mass is 296 g/mol. The Bertz CT molecular complexity index is 361. The molecule has 0 rings (SSSR count). The van der Waals surface area contributed by atoms with Gasteiger partial charge in [0.25, 0.3) is 6.43 Å². The molecule has 0 radical (unpaired) electrons. The second kappa shape index (κ2) is 5.46. The Hall–Kier alpha value is -1.15. The van der Waals surface area contributed by atoms with Crippen molar-refractivity contribution in [1.82, 2.24) is 0 Å². The van der Waals surface area contributed by atoms with Crippen LogP contribution in [-0.2, 0) is 9.59 Å². The summed E-state index contributed by atoms with van der Waals surface area (Å²) in [7, 11) is 0. The highest BCUT2D eigenvalue weighted by atomic mass is 19.4. The van der Waals surface area contributed by atoms with Crippen molar-refractivity contribution in [2.75, 3.05) is 0 Å². The molecule has 0 aromatic carbocycles. The molecule has 19 heavy (non-hydrogen) atoms. The van der Waals surface area contributed by atoms with E-state index in [1.165, 1.54) is 6.92 Å². The first-order chi connectivity index (χ1) is 8.33. The van der Waals surface area contributed by atoms with Crippen LogP contribution in [0.3, 0.4) is 0 Å². The van der Waals surface area contributed by atoms with Crippen LogP contribution in [0.25, 0.3) is 0 Å². The quantitative estimate of drug-likeness (QED) is 0.556. The van der Waals surface area contributed by atoms with Crippen molar-refractivity contribution in [2.45, 2.75) is 45.2 Å². The van der Waals surface area contributed by atoms with Crippen molar-refractivity contribution in [3.63, 3.8) is 0 Å². The first-order valence-corrected chi connectivity index (χ1v) is 5.14. The van der Waals surface area contributed by atoms with Gasteiger partial charge in [-0.3, -0.25) is 9.59 Å². The zero-order valence-corrected chi connectivity index (χ0v) is 9.95. The molecule has 0 bridgehead atoms. The molecule has 0 aromatic rings. The van der Waals surface area contributed by atoms with Crippen LogP contribution < -0.4 is 0 Å². The van der Waals surface area contributed by atoms with Gasteiger partial charge in [0, 0.05) is 6.42 Å². The van der Waals surface area contributed by atoms with Crippen LogP contribution in [-0.4, -0.2) is 30.1 Å². The fraction of sp³-hybridized carbons (Fsp3) is 0.800. The number of halogens is 7. The van der Waals surface area contributed by atoms with Crippen LogP contribution in [0.15, 0.2) is 0 Å². The minimum atomic E-state index is -5.89. The summed E-state index contributed by atoms with van der Waals surface area (Å²) in [6.45, 7) is 0.932. The molecule has 2 nitrogen and oxygen atoms in total. The normalized spacial score (nSPS) is 16.3. The number of alkyl halides is 7. The van der Waals surface area contributed by atoms with Crippen LogP contribution in [0.2, 0.25) is 0 Å². The smallest absolute Gasteiger partial charge is 0.292 e. The summed E-state index contributed by atoms with van der Waals surface area (Å²) in [5, 5.41) is 0. The van der Waals surface area contributed by atoms with Gasteiger partial charge in [0.1, 0.15) is 0 Å². The molecule has 0 saturated carbocycles. The van der Waals surface area contributed by atoms with Gasteiger partial charge in [0.2, 0.25) is 11.6 Å². The zero-order chi connectivity index (χ0) is 15.6. The molecule has 0 spiro atoms. The van der Waals surface area contributed by atoms with Crippen molar-refractivity contribution in [1.29, 1.82) is 0 Å². The van der Waals surface area contributed by atoms with Crippen molar-refractivity contribution < 1.29 is 40.3 Å². The summed E-state index contributed by atoms with van der Waals surface area (Å²) >= 11 is 0. The van der Waals surface area contributed by atoms with Crippen LogP contribution in [0.4, 0.5) is 30.7 Å². The number of Topliss-reactive ketones (excluding diaryl/α,β-unsaturated/α-hetero) is 2. The van der Waals surface area contributed by atoms with E-state index in [0.29, 0.717) is 0 Å². The summed E-state index contributed by atoms with van der Waals surface area (Å²) in [6.07, 6.45) is -11.3. The molecule has 0 N–H and O–H groups in total. The van der Waals surface area contributed by atoms with Gasteiger partial charge in [-0.25, -0.2) is 8.78 Å². The van der Waals surface area contributed by atoms with E-state index in [4.69, 9.17) is 0 Å². The molecule has 0 aliphatic rings. The third kappa shape index (κ3) is 3.06. The third-order valence-electron chi connectivity index (χ3n) is 2.61. The van der Waals surface area contributed by atoms with E-state index in [1.54, 1.807) is 0 Å². The molecule has 0 fully saturated rings. The van der Waals surface area contributed by atoms with Crippen LogP contribution in [0.1, 0.15) is 26.7 Å². The Morgan fingerprint density at radius 1 is 1.05 bits per heavy atom. The number of hydrogen-bond acceptors (Lipinski definition) is 2. The Morgan fingerprint density at radius 3 is 1.74 bits per heavy atom. The molecule has 0 heterocycles. The second-order valence-corrected chi connectivity index (χ2v) is 4.08. The Labute approximate surface area is 104 Å². The number of ketones is 2. The molecule has 1 unspecified atom stereocenters. The van der Waals surface area contributed by atoms with Crippen LogP contribution in [0.5, 0.6) is 0 Å². The Balaban J connectivity index is 5.65. The van der Waals surface area contributed by atoms with Crippen molar-refractivity contribution >= 4 is 11.6 Å². The van der Waals surface area contributed by atoms with Gasteiger partial charge < -0.3 is 0 Å². The summed E-state index contributed by atoms with van der Waals surface area (Å²) in [5.74, 6) is -10.3. The lowest BCUT2D eigenvalue weighted by molar-refractivity contribution is -0.255. The average Bonchev–Trinajstić information content (AvgIpc) is 2.25. The van der Waals surface area contributed by atoms with E-state index in [1.807, 2.05) is 0 Å². The first kappa shape index (κ1) is 17.8. The highest BCUT2D eigenvalue weighted by Crippen LogP contribution is 2.47. The lowest BCUT2D eigenvalue weighted by Crippen LogP contribution is -2.56. The Kier molecular flexibility index (Phi) is 5.13. The maximum atomic E-state index is 13.3. The largest absolute Gasteiger partial charge is 0.406 e. The van der Waals surface area contributed by atoms with E-state index in [9.17, 15) is 40.3 Å². The summed E-state index contributed by atoms with van der Waals surface area (Å²) < 4.78 is 88.7. The fourth-order valence-corrected chi connectivity index (χ4v) is 1.19. The van der Waals surface area contributed by atoms with Crippen molar-refractivity contribution in [2.24, 2.45) is 5.41 Å². The highest BCUT2D eigenvalue weighted by molar-refractivity contribution is 6.11. The molecule has 112 valence electrons. The minimum Gasteiger partial charge on any atom is -0.292 e. The summed E-state index contributed by atoms with van der Waals surface area (Å²) in [4.78, 5) is 22.0. The van der Waals surface area contributed by atoms with E-state index in [2.05, 4.69) is 0 Å². The van der Waals surface area contributed by atoms with Gasteiger partial charge in [-0.05, 0) is 13.3 Å². The molecule has 0 amide bonds. The third-order valence-corrected chi connectivity index (χ3v) is 2.61. The van der Waals surface area contributed by atoms with Gasteiger partial charge in [0.05, 0.1) is 0 Å². The standard InChI is InChI=1S/C10H11F7O2/c1-3-4-5(18)9(13,14)6(19)8(2,7(11)12)10(15,16)17/h7H,3-4H2,1-2H3. The topological polar surface area (TPSA) is 34.1 Å². The highest BCUT2D eigenvalue weighted by Gasteiger charge is 2.69. The Morgan fingerprint density at radius 2 is 1.47 bits per heavy atom. The van der Waals surface area contributed by atoms with Crippen LogP contribution in [0, 0.1) is 5.41 Å². The maximum absolute atomic E-state index is 13.3. The van der Waals surface area contributed by atoms with E-state index in [-0.39, 0.29) is 13.3 Å². The van der Waals surface area contributed by atoms with Gasteiger partial charge in [-0.2, -0.15) is 22.0 Å². The van der Waals surface area contributed by atoms with Crippen LogP contribution >= 0.6 is 0 Å². The molecular formula is C10H11F7O2. The molecule has 0 aliphatic heterocycles. The van der Waals surface area contributed by atoms with Gasteiger partial charge in [-0.15, -0.1) is 0 Å². The van der Waals surface area contributed by atoms with Crippen molar-refractivity contribution in [3.8, 4) is 0 Å². The maximum Gasteiger partial charge on any atom is 0.406 e. The first-order valence-electron chi connectivity index (χ1n) is 5.14. The molecular weight excluding hydrogens is 285 g/mol. The second-order valence-electron chi connectivity index (χ2n) is 4.08. The van der Waals surface area contributed by atoms with E-state index in [0.717, 1.165) is 0 Å². The minimum absolute atomic E-state index is 0.154. The predicted octanol–water partition coefficient (Wildman–Crippen LogP) is 3.39. The lowest BCUT2D eigenvalue weighted by atomic mass is 9.80.